The summed E-state index contributed by atoms with van der Waals surface area (Å²) in [7, 11) is 0. The molecule has 2 rings (SSSR count). The zero-order valence-electron chi connectivity index (χ0n) is 11.9. The molecule has 6 nitrogen and oxygen atoms in total. The lowest BCUT2D eigenvalue weighted by atomic mass is 10.1. The van der Waals surface area contributed by atoms with E-state index in [1.807, 2.05) is 0 Å². The molecular formula is C15H16N4O2. The predicted molar refractivity (Wildman–Crippen MR) is 75.8 cm³/mol. The number of rotatable bonds is 5. The highest BCUT2D eigenvalue weighted by Gasteiger charge is 2.14. The van der Waals surface area contributed by atoms with Gasteiger partial charge in [-0.05, 0) is 30.0 Å². The van der Waals surface area contributed by atoms with Gasteiger partial charge in [0.15, 0.2) is 5.69 Å². The summed E-state index contributed by atoms with van der Waals surface area (Å²) in [5.74, 6) is -0.557. The number of benzene rings is 1. The van der Waals surface area contributed by atoms with Gasteiger partial charge in [-0.15, -0.1) is 5.10 Å². The lowest BCUT2D eigenvalue weighted by Gasteiger charge is -2.09. The first-order chi connectivity index (χ1) is 10.0. The van der Waals surface area contributed by atoms with E-state index in [2.05, 4.69) is 30.2 Å². The van der Waals surface area contributed by atoms with Crippen molar-refractivity contribution in [2.45, 2.75) is 26.8 Å². The van der Waals surface area contributed by atoms with Gasteiger partial charge in [-0.3, -0.25) is 0 Å². The van der Waals surface area contributed by atoms with Gasteiger partial charge in [-0.2, -0.15) is 5.26 Å². The predicted octanol–water partition coefficient (Wildman–Crippen LogP) is 2.09. The Morgan fingerprint density at radius 1 is 1.38 bits per heavy atom. The average molecular weight is 284 g/mol. The first-order valence-corrected chi connectivity index (χ1v) is 6.66. The average Bonchev–Trinajstić information content (AvgIpc) is 2.81. The number of aromatic carboxylic acids is 1. The Labute approximate surface area is 122 Å². The summed E-state index contributed by atoms with van der Waals surface area (Å²) in [6.07, 6.45) is 0.725. The van der Waals surface area contributed by atoms with Crippen molar-refractivity contribution in [3.63, 3.8) is 0 Å². The van der Waals surface area contributed by atoms with Crippen LogP contribution in [0.1, 0.15) is 41.2 Å². The Balaban J connectivity index is 2.25. The number of nitrogens with zero attached hydrogens (tertiary/aromatic N) is 4. The molecule has 2 aromatic rings. The second kappa shape index (κ2) is 6.18. The maximum Gasteiger partial charge on any atom is 0.335 e. The van der Waals surface area contributed by atoms with Crippen LogP contribution >= 0.6 is 0 Å². The minimum Gasteiger partial charge on any atom is -0.478 e. The Morgan fingerprint density at radius 2 is 2.05 bits per heavy atom. The molecule has 0 aliphatic carbocycles. The molecule has 0 spiro atoms. The highest BCUT2D eigenvalue weighted by molar-refractivity contribution is 5.87. The Morgan fingerprint density at radius 3 is 2.57 bits per heavy atom. The van der Waals surface area contributed by atoms with Crippen LogP contribution in [-0.2, 0) is 13.0 Å². The standard InChI is InChI=1S/C15H16N4O2/c1-10(2)7-14-13(8-16)17-18-19(14)9-11-3-5-12(6-4-11)15(20)21/h3-6,10H,7,9H2,1-2H3,(H,20,21). The maximum absolute atomic E-state index is 10.8. The Hall–Kier alpha value is -2.68. The van der Waals surface area contributed by atoms with E-state index in [1.165, 1.54) is 0 Å². The van der Waals surface area contributed by atoms with Crippen molar-refractivity contribution < 1.29 is 9.90 Å². The van der Waals surface area contributed by atoms with E-state index < -0.39 is 5.97 Å². The van der Waals surface area contributed by atoms with Crippen molar-refractivity contribution in [2.75, 3.05) is 0 Å². The van der Waals surface area contributed by atoms with Crippen molar-refractivity contribution in [1.29, 1.82) is 5.26 Å². The molecule has 0 atom stereocenters. The monoisotopic (exact) mass is 284 g/mol. The van der Waals surface area contributed by atoms with Gasteiger partial charge >= 0.3 is 5.97 Å². The van der Waals surface area contributed by atoms with E-state index in [0.29, 0.717) is 18.2 Å². The molecule has 1 heterocycles. The lowest BCUT2D eigenvalue weighted by Crippen LogP contribution is -2.10. The van der Waals surface area contributed by atoms with Gasteiger partial charge in [-0.25, -0.2) is 9.48 Å². The largest absolute Gasteiger partial charge is 0.478 e. The van der Waals surface area contributed by atoms with Crippen molar-refractivity contribution in [3.8, 4) is 6.07 Å². The van der Waals surface area contributed by atoms with E-state index in [1.54, 1.807) is 28.9 Å². The molecular weight excluding hydrogens is 268 g/mol. The van der Waals surface area contributed by atoms with Crippen molar-refractivity contribution in [1.82, 2.24) is 15.0 Å². The van der Waals surface area contributed by atoms with Gasteiger partial charge in [0.1, 0.15) is 6.07 Å². The minimum absolute atomic E-state index is 0.248. The molecule has 0 bridgehead atoms. The van der Waals surface area contributed by atoms with Crippen LogP contribution in [-0.4, -0.2) is 26.1 Å². The number of carboxylic acid groups (broad SMARTS) is 1. The zero-order chi connectivity index (χ0) is 15.4. The fourth-order valence-corrected chi connectivity index (χ4v) is 2.06. The van der Waals surface area contributed by atoms with Gasteiger partial charge < -0.3 is 5.11 Å². The Kier molecular flexibility index (Phi) is 4.33. The van der Waals surface area contributed by atoms with Crippen molar-refractivity contribution >= 4 is 5.97 Å². The Bertz CT molecular complexity index is 681. The van der Waals surface area contributed by atoms with Crippen LogP contribution in [0.5, 0.6) is 0 Å². The summed E-state index contributed by atoms with van der Waals surface area (Å²) >= 11 is 0. The maximum atomic E-state index is 10.8. The molecule has 21 heavy (non-hydrogen) atoms. The highest BCUT2D eigenvalue weighted by Crippen LogP contribution is 2.13. The van der Waals surface area contributed by atoms with E-state index >= 15 is 0 Å². The van der Waals surface area contributed by atoms with Gasteiger partial charge in [0.2, 0.25) is 0 Å². The first kappa shape index (κ1) is 14.7. The van der Waals surface area contributed by atoms with Crippen LogP contribution in [0.15, 0.2) is 24.3 Å². The molecule has 108 valence electrons. The smallest absolute Gasteiger partial charge is 0.335 e. The summed E-state index contributed by atoms with van der Waals surface area (Å²) in [5, 5.41) is 25.9. The van der Waals surface area contributed by atoms with E-state index in [-0.39, 0.29) is 5.56 Å². The molecule has 1 aromatic heterocycles. The van der Waals surface area contributed by atoms with Gasteiger partial charge in [0, 0.05) is 0 Å². The van der Waals surface area contributed by atoms with Crippen LogP contribution in [0, 0.1) is 17.2 Å². The zero-order valence-corrected chi connectivity index (χ0v) is 11.9. The SMILES string of the molecule is CC(C)Cc1c(C#N)nnn1Cc1ccc(C(=O)O)cc1. The molecule has 0 fully saturated rings. The van der Waals surface area contributed by atoms with Gasteiger partial charge in [0.25, 0.3) is 0 Å². The third kappa shape index (κ3) is 3.45. The second-order valence-electron chi connectivity index (χ2n) is 5.25. The molecule has 1 N–H and O–H groups in total. The number of hydrogen-bond donors (Lipinski definition) is 1. The highest BCUT2D eigenvalue weighted by atomic mass is 16.4. The van der Waals surface area contributed by atoms with E-state index in [0.717, 1.165) is 17.7 Å². The quantitative estimate of drug-likeness (QED) is 0.907. The summed E-state index contributed by atoms with van der Waals surface area (Å²) in [6, 6.07) is 8.67. The van der Waals surface area contributed by atoms with Crippen LogP contribution in [0.4, 0.5) is 0 Å². The van der Waals surface area contributed by atoms with Crippen LogP contribution in [0.25, 0.3) is 0 Å². The second-order valence-corrected chi connectivity index (χ2v) is 5.25. The number of carbonyl (C=O) groups is 1. The fourth-order valence-electron chi connectivity index (χ4n) is 2.06. The normalized spacial score (nSPS) is 10.6. The summed E-state index contributed by atoms with van der Waals surface area (Å²) in [5.41, 5.74) is 2.33. The summed E-state index contributed by atoms with van der Waals surface area (Å²) in [4.78, 5) is 10.8. The minimum atomic E-state index is -0.949. The lowest BCUT2D eigenvalue weighted by molar-refractivity contribution is 0.0697. The number of aromatic nitrogens is 3. The molecule has 1 aromatic carbocycles. The fraction of sp³-hybridized carbons (Fsp3) is 0.333. The molecule has 0 aliphatic heterocycles. The molecule has 0 amide bonds. The summed E-state index contributed by atoms with van der Waals surface area (Å²) < 4.78 is 1.70. The first-order valence-electron chi connectivity index (χ1n) is 6.66. The molecule has 0 unspecified atom stereocenters. The number of hydrogen-bond acceptors (Lipinski definition) is 4. The van der Waals surface area contributed by atoms with Crippen molar-refractivity contribution in [2.24, 2.45) is 5.92 Å². The van der Waals surface area contributed by atoms with Crippen LogP contribution in [0.2, 0.25) is 0 Å². The summed E-state index contributed by atoms with van der Waals surface area (Å²) in [6.45, 7) is 4.61. The molecule has 0 saturated carbocycles. The van der Waals surface area contributed by atoms with Gasteiger partial charge in [-0.1, -0.05) is 31.2 Å². The molecule has 0 aliphatic rings. The number of nitriles is 1. The van der Waals surface area contributed by atoms with E-state index in [4.69, 9.17) is 10.4 Å². The van der Waals surface area contributed by atoms with Gasteiger partial charge in [0.05, 0.1) is 17.8 Å². The third-order valence-electron chi connectivity index (χ3n) is 3.08. The topological polar surface area (TPSA) is 91.8 Å². The molecule has 0 radical (unpaired) electrons. The molecule has 0 saturated heterocycles. The number of carboxylic acids is 1. The third-order valence-corrected chi connectivity index (χ3v) is 3.08. The van der Waals surface area contributed by atoms with Crippen molar-refractivity contribution in [3.05, 3.63) is 46.8 Å². The molecule has 6 heteroatoms. The van der Waals surface area contributed by atoms with Crippen LogP contribution in [0.3, 0.4) is 0 Å². The van der Waals surface area contributed by atoms with Crippen LogP contribution < -0.4 is 0 Å². The van der Waals surface area contributed by atoms with E-state index in [9.17, 15) is 4.79 Å².